The summed E-state index contributed by atoms with van der Waals surface area (Å²) in [6, 6.07) is 1.35. The zero-order valence-electron chi connectivity index (χ0n) is 19.5. The van der Waals surface area contributed by atoms with Crippen LogP contribution in [0.3, 0.4) is 0 Å². The Balaban J connectivity index is 2.99. The minimum atomic E-state index is -0.515. The molecule has 2 rings (SSSR count). The monoisotopic (exact) mass is 455 g/mol. The van der Waals surface area contributed by atoms with Crippen LogP contribution in [0.15, 0.2) is 48.1 Å². The Labute approximate surface area is 193 Å². The summed E-state index contributed by atoms with van der Waals surface area (Å²) in [5, 5.41) is 2.92. The molecular formula is C25H29NO7. The number of amides is 1. The lowest BCUT2D eigenvalue weighted by atomic mass is 9.92. The minimum absolute atomic E-state index is 0.324. The summed E-state index contributed by atoms with van der Waals surface area (Å²) in [5.74, 6) is 0.405. The first-order chi connectivity index (χ1) is 15.9. The molecule has 176 valence electrons. The van der Waals surface area contributed by atoms with Gasteiger partial charge in [0, 0.05) is 11.1 Å². The molecule has 1 N–H and O–H groups in total. The number of aryl methyl sites for hydroxylation is 1. The number of hydrogen-bond donors (Lipinski definition) is 1. The van der Waals surface area contributed by atoms with Crippen LogP contribution >= 0.6 is 0 Å². The third-order valence-corrected chi connectivity index (χ3v) is 5.29. The lowest BCUT2D eigenvalue weighted by Crippen LogP contribution is -2.35. The summed E-state index contributed by atoms with van der Waals surface area (Å²) in [6.45, 7) is 5.14. The predicted molar refractivity (Wildman–Crippen MR) is 124 cm³/mol. The standard InChI is InChI=1S/C25H29NO7/c1-7-21(28)26-19-11-10-16-14-20(30-3)23(31-4)24(32-5)22(16)17(9-8-12-27)18(19)13-15(2)25(29)33-6/h7-9,12-14,19H,1,10-11H2,2-6H3,(H,26,28)/b9-8-,15-13+/t19-/m0/s1. The van der Waals surface area contributed by atoms with Crippen molar-refractivity contribution >= 4 is 23.7 Å². The highest BCUT2D eigenvalue weighted by atomic mass is 16.5. The molecule has 33 heavy (non-hydrogen) atoms. The Morgan fingerprint density at radius 2 is 1.82 bits per heavy atom. The molecule has 8 nitrogen and oxygen atoms in total. The molecular weight excluding hydrogens is 426 g/mol. The van der Waals surface area contributed by atoms with E-state index in [0.717, 1.165) is 5.56 Å². The summed E-state index contributed by atoms with van der Waals surface area (Å²) >= 11 is 0. The van der Waals surface area contributed by atoms with Crippen molar-refractivity contribution in [3.8, 4) is 17.2 Å². The van der Waals surface area contributed by atoms with Crippen molar-refractivity contribution < 1.29 is 33.3 Å². The Hall–Kier alpha value is -3.81. The van der Waals surface area contributed by atoms with Crippen LogP contribution < -0.4 is 19.5 Å². The van der Waals surface area contributed by atoms with E-state index < -0.39 is 12.0 Å². The van der Waals surface area contributed by atoms with Gasteiger partial charge in [-0.25, -0.2) is 4.79 Å². The van der Waals surface area contributed by atoms with Gasteiger partial charge in [-0.3, -0.25) is 9.59 Å². The van der Waals surface area contributed by atoms with Gasteiger partial charge >= 0.3 is 5.97 Å². The molecule has 1 amide bonds. The minimum Gasteiger partial charge on any atom is -0.493 e. The molecule has 1 aliphatic rings. The van der Waals surface area contributed by atoms with Gasteiger partial charge in [0.15, 0.2) is 11.5 Å². The average Bonchev–Trinajstić information content (AvgIpc) is 2.97. The first-order valence-electron chi connectivity index (χ1n) is 10.2. The maximum absolute atomic E-state index is 12.2. The van der Waals surface area contributed by atoms with E-state index in [1.807, 2.05) is 6.07 Å². The Kier molecular flexibility index (Phi) is 9.03. The van der Waals surface area contributed by atoms with E-state index in [-0.39, 0.29) is 5.91 Å². The molecule has 0 aliphatic heterocycles. The lowest BCUT2D eigenvalue weighted by Gasteiger charge is -2.21. The quantitative estimate of drug-likeness (QED) is 0.347. The third-order valence-electron chi connectivity index (χ3n) is 5.29. The summed E-state index contributed by atoms with van der Waals surface area (Å²) in [5.41, 5.74) is 3.06. The number of benzene rings is 1. The normalized spacial score (nSPS) is 15.9. The van der Waals surface area contributed by atoms with Crippen molar-refractivity contribution in [3.05, 3.63) is 59.2 Å². The van der Waals surface area contributed by atoms with Crippen molar-refractivity contribution in [3.63, 3.8) is 0 Å². The second-order valence-electron chi connectivity index (χ2n) is 7.17. The van der Waals surface area contributed by atoms with Crippen LogP contribution in [0.5, 0.6) is 17.2 Å². The maximum atomic E-state index is 12.2. The molecule has 1 atom stereocenters. The van der Waals surface area contributed by atoms with Crippen LogP contribution in [0.2, 0.25) is 0 Å². The first-order valence-corrected chi connectivity index (χ1v) is 10.2. The fraction of sp³-hybridized carbons (Fsp3) is 0.320. The van der Waals surface area contributed by atoms with E-state index in [1.54, 1.807) is 19.1 Å². The second kappa shape index (κ2) is 11.7. The number of carbonyl (C=O) groups excluding carboxylic acids is 3. The Morgan fingerprint density at radius 3 is 2.36 bits per heavy atom. The molecule has 0 spiro atoms. The van der Waals surface area contributed by atoms with Crippen LogP contribution in [-0.2, 0) is 25.5 Å². The number of allylic oxidation sites excluding steroid dienone is 3. The SMILES string of the molecule is C=CC(=O)N[C@H]1CCc2cc(OC)c(OC)c(OC)c2C(/C=C\C=O)=C1/C=C(\C)C(=O)OC. The molecule has 8 heteroatoms. The van der Waals surface area contributed by atoms with Gasteiger partial charge in [-0.15, -0.1) is 0 Å². The van der Waals surface area contributed by atoms with E-state index in [9.17, 15) is 14.4 Å². The number of aldehydes is 1. The number of nitrogens with one attached hydrogen (secondary N) is 1. The summed E-state index contributed by atoms with van der Waals surface area (Å²) in [6.07, 6.45) is 7.49. The Morgan fingerprint density at radius 1 is 1.12 bits per heavy atom. The van der Waals surface area contributed by atoms with Crippen molar-refractivity contribution in [2.75, 3.05) is 28.4 Å². The van der Waals surface area contributed by atoms with Crippen molar-refractivity contribution in [1.82, 2.24) is 5.32 Å². The number of hydrogen-bond acceptors (Lipinski definition) is 7. The van der Waals surface area contributed by atoms with Gasteiger partial charge in [-0.05, 0) is 60.8 Å². The second-order valence-corrected chi connectivity index (χ2v) is 7.17. The number of fused-ring (bicyclic) bond motifs is 1. The fourth-order valence-corrected chi connectivity index (χ4v) is 3.81. The van der Waals surface area contributed by atoms with E-state index in [0.29, 0.717) is 58.7 Å². The molecule has 0 aromatic heterocycles. The zero-order chi connectivity index (χ0) is 24.5. The molecule has 0 unspecified atom stereocenters. The molecule has 0 saturated heterocycles. The lowest BCUT2D eigenvalue weighted by molar-refractivity contribution is -0.136. The molecule has 0 heterocycles. The highest BCUT2D eigenvalue weighted by Gasteiger charge is 2.30. The van der Waals surface area contributed by atoms with Crippen molar-refractivity contribution in [1.29, 1.82) is 0 Å². The van der Waals surface area contributed by atoms with Crippen LogP contribution in [0.4, 0.5) is 0 Å². The molecule has 1 aromatic rings. The number of ether oxygens (including phenoxy) is 4. The van der Waals surface area contributed by atoms with Crippen LogP contribution in [-0.4, -0.2) is 52.6 Å². The maximum Gasteiger partial charge on any atom is 0.333 e. The van der Waals surface area contributed by atoms with Gasteiger partial charge in [-0.2, -0.15) is 0 Å². The van der Waals surface area contributed by atoms with Gasteiger partial charge in [0.1, 0.15) is 6.29 Å². The molecule has 0 bridgehead atoms. The van der Waals surface area contributed by atoms with Gasteiger partial charge in [0.2, 0.25) is 11.7 Å². The molecule has 0 saturated carbocycles. The summed E-state index contributed by atoms with van der Waals surface area (Å²) in [7, 11) is 5.84. The highest BCUT2D eigenvalue weighted by Crippen LogP contribution is 2.48. The van der Waals surface area contributed by atoms with E-state index >= 15 is 0 Å². The highest BCUT2D eigenvalue weighted by molar-refractivity contribution is 5.94. The number of methoxy groups -OCH3 is 4. The Bertz CT molecular complexity index is 1030. The van der Waals surface area contributed by atoms with E-state index in [2.05, 4.69) is 11.9 Å². The van der Waals surface area contributed by atoms with Crippen LogP contribution in [0.1, 0.15) is 24.5 Å². The molecule has 1 aromatic carbocycles. The van der Waals surface area contributed by atoms with Gasteiger partial charge < -0.3 is 24.3 Å². The van der Waals surface area contributed by atoms with Crippen molar-refractivity contribution in [2.45, 2.75) is 25.8 Å². The van der Waals surface area contributed by atoms with Crippen molar-refractivity contribution in [2.24, 2.45) is 0 Å². The number of rotatable bonds is 9. The van der Waals surface area contributed by atoms with Gasteiger partial charge in [-0.1, -0.05) is 12.7 Å². The molecule has 0 fully saturated rings. The largest absolute Gasteiger partial charge is 0.493 e. The third kappa shape index (κ3) is 5.52. The first kappa shape index (κ1) is 25.5. The number of carbonyl (C=O) groups is 3. The topological polar surface area (TPSA) is 100 Å². The van der Waals surface area contributed by atoms with Crippen LogP contribution in [0, 0.1) is 0 Å². The fourth-order valence-electron chi connectivity index (χ4n) is 3.81. The van der Waals surface area contributed by atoms with E-state index in [1.165, 1.54) is 40.6 Å². The summed E-state index contributed by atoms with van der Waals surface area (Å²) < 4.78 is 21.6. The molecule has 0 radical (unpaired) electrons. The predicted octanol–water partition coefficient (Wildman–Crippen LogP) is 2.96. The molecule has 1 aliphatic carbocycles. The zero-order valence-corrected chi connectivity index (χ0v) is 19.5. The van der Waals surface area contributed by atoms with Gasteiger partial charge in [0.25, 0.3) is 0 Å². The van der Waals surface area contributed by atoms with E-state index in [4.69, 9.17) is 18.9 Å². The summed E-state index contributed by atoms with van der Waals surface area (Å²) in [4.78, 5) is 35.7. The van der Waals surface area contributed by atoms with Gasteiger partial charge in [0.05, 0.1) is 34.5 Å². The number of esters is 1. The average molecular weight is 456 g/mol. The smallest absolute Gasteiger partial charge is 0.333 e. The van der Waals surface area contributed by atoms with Crippen LogP contribution in [0.25, 0.3) is 5.57 Å².